The van der Waals surface area contributed by atoms with Gasteiger partial charge in [0.15, 0.2) is 11.5 Å². The minimum Gasteiger partial charge on any atom is -0.486 e. The van der Waals surface area contributed by atoms with Crippen LogP contribution in [0.2, 0.25) is 5.02 Å². The smallest absolute Gasteiger partial charge is 0.252 e. The highest BCUT2D eigenvalue weighted by Gasteiger charge is 2.27. The van der Waals surface area contributed by atoms with Gasteiger partial charge in [-0.2, -0.15) is 0 Å². The number of likely N-dealkylation sites (tertiary alicyclic amines) is 1. The van der Waals surface area contributed by atoms with Crippen LogP contribution in [0.25, 0.3) is 0 Å². The van der Waals surface area contributed by atoms with Gasteiger partial charge in [-0.15, -0.1) is 0 Å². The van der Waals surface area contributed by atoms with Crippen LogP contribution in [0.5, 0.6) is 11.5 Å². The average molecular weight is 481 g/mol. The highest BCUT2D eigenvalue weighted by molar-refractivity contribution is 9.10. The van der Waals surface area contributed by atoms with E-state index in [4.69, 9.17) is 21.1 Å². The van der Waals surface area contributed by atoms with Gasteiger partial charge in [-0.05, 0) is 66.0 Å². The van der Waals surface area contributed by atoms with Crippen molar-refractivity contribution in [3.8, 4) is 11.5 Å². The van der Waals surface area contributed by atoms with Gasteiger partial charge in [0.25, 0.3) is 5.91 Å². The molecule has 2 aliphatic heterocycles. The molecule has 0 bridgehead atoms. The summed E-state index contributed by atoms with van der Waals surface area (Å²) in [5.41, 5.74) is 0.574. The van der Waals surface area contributed by atoms with E-state index in [1.54, 1.807) is 18.5 Å². The molecule has 0 aliphatic carbocycles. The number of ether oxygens (including phenoxy) is 2. The molecule has 0 spiro atoms. The first-order valence-corrected chi connectivity index (χ1v) is 10.9. The monoisotopic (exact) mass is 479 g/mol. The van der Waals surface area contributed by atoms with E-state index >= 15 is 0 Å². The Kier molecular flexibility index (Phi) is 6.57. The van der Waals surface area contributed by atoms with E-state index in [1.807, 2.05) is 18.2 Å². The Morgan fingerprint density at radius 3 is 2.93 bits per heavy atom. The van der Waals surface area contributed by atoms with E-state index < -0.39 is 0 Å². The molecule has 6 nitrogen and oxygen atoms in total. The van der Waals surface area contributed by atoms with E-state index in [0.29, 0.717) is 41.2 Å². The summed E-state index contributed by atoms with van der Waals surface area (Å²) in [7, 11) is 0. The number of hydrogen-bond donors (Lipinski definition) is 1. The quantitative estimate of drug-likeness (QED) is 0.706. The fourth-order valence-corrected chi connectivity index (χ4v) is 4.30. The summed E-state index contributed by atoms with van der Waals surface area (Å²) >= 11 is 9.57. The maximum absolute atomic E-state index is 12.3. The molecule has 1 aromatic carbocycles. The van der Waals surface area contributed by atoms with Crippen LogP contribution in [0.1, 0.15) is 23.2 Å². The predicted octanol–water partition coefficient (Wildman–Crippen LogP) is 3.78. The molecule has 8 heteroatoms. The molecule has 4 rings (SSSR count). The Morgan fingerprint density at radius 1 is 1.31 bits per heavy atom. The topological polar surface area (TPSA) is 63.7 Å². The zero-order valence-corrected chi connectivity index (χ0v) is 18.3. The number of halogens is 2. The van der Waals surface area contributed by atoms with Gasteiger partial charge in [0.1, 0.15) is 12.7 Å². The summed E-state index contributed by atoms with van der Waals surface area (Å²) in [6, 6.07) is 7.33. The highest BCUT2D eigenvalue weighted by Crippen LogP contribution is 2.38. The zero-order valence-electron chi connectivity index (χ0n) is 15.9. The van der Waals surface area contributed by atoms with Gasteiger partial charge in [0, 0.05) is 30.0 Å². The number of aromatic nitrogens is 1. The SMILES string of the molecule is O=C(NCC1CCN(CC2COc3cccc(Cl)c3O2)CC1)c1cncc(Br)c1. The number of hydrogen-bond acceptors (Lipinski definition) is 5. The van der Waals surface area contributed by atoms with E-state index in [0.717, 1.165) is 36.9 Å². The van der Waals surface area contributed by atoms with Crippen LogP contribution in [-0.2, 0) is 0 Å². The van der Waals surface area contributed by atoms with Gasteiger partial charge in [-0.3, -0.25) is 14.7 Å². The molecule has 3 heterocycles. The lowest BCUT2D eigenvalue weighted by molar-refractivity contribution is 0.0477. The number of pyridine rings is 1. The molecule has 1 unspecified atom stereocenters. The Balaban J connectivity index is 1.21. The molecule has 154 valence electrons. The van der Waals surface area contributed by atoms with E-state index in [-0.39, 0.29) is 12.0 Å². The van der Waals surface area contributed by atoms with E-state index in [9.17, 15) is 4.79 Å². The van der Waals surface area contributed by atoms with Gasteiger partial charge < -0.3 is 14.8 Å². The van der Waals surface area contributed by atoms with Crippen molar-refractivity contribution in [2.75, 3.05) is 32.8 Å². The van der Waals surface area contributed by atoms with Crippen molar-refractivity contribution in [1.82, 2.24) is 15.2 Å². The minimum atomic E-state index is -0.0791. The first kappa shape index (κ1) is 20.4. The summed E-state index contributed by atoms with van der Waals surface area (Å²) in [5, 5.41) is 3.62. The van der Waals surface area contributed by atoms with Crippen LogP contribution in [0, 0.1) is 5.92 Å². The number of para-hydroxylation sites is 1. The van der Waals surface area contributed by atoms with Crippen molar-refractivity contribution < 1.29 is 14.3 Å². The van der Waals surface area contributed by atoms with Crippen LogP contribution in [-0.4, -0.2) is 54.7 Å². The van der Waals surface area contributed by atoms with Gasteiger partial charge in [0.05, 0.1) is 10.6 Å². The normalized spacial score (nSPS) is 19.7. The molecule has 0 radical (unpaired) electrons. The number of nitrogens with zero attached hydrogens (tertiary/aromatic N) is 2. The third-order valence-electron chi connectivity index (χ3n) is 5.33. The Morgan fingerprint density at radius 2 is 2.14 bits per heavy atom. The molecular formula is C21H23BrClN3O3. The third-order valence-corrected chi connectivity index (χ3v) is 6.06. The average Bonchev–Trinajstić information content (AvgIpc) is 2.74. The first-order chi connectivity index (χ1) is 14.1. The lowest BCUT2D eigenvalue weighted by atomic mass is 9.96. The number of benzene rings is 1. The number of carbonyl (C=O) groups excluding carboxylic acids is 1. The van der Waals surface area contributed by atoms with E-state index in [2.05, 4.69) is 31.1 Å². The summed E-state index contributed by atoms with van der Waals surface area (Å²) in [5.74, 6) is 1.76. The number of nitrogens with one attached hydrogen (secondary N) is 1. The molecule has 0 saturated carbocycles. The Labute approximate surface area is 183 Å². The van der Waals surface area contributed by atoms with Crippen molar-refractivity contribution in [2.45, 2.75) is 18.9 Å². The van der Waals surface area contributed by atoms with Crippen LogP contribution in [0.4, 0.5) is 0 Å². The molecule has 1 amide bonds. The number of fused-ring (bicyclic) bond motifs is 1. The summed E-state index contributed by atoms with van der Waals surface area (Å²) in [4.78, 5) is 18.7. The van der Waals surface area contributed by atoms with Crippen LogP contribution in [0.15, 0.2) is 41.1 Å². The fourth-order valence-electron chi connectivity index (χ4n) is 3.73. The summed E-state index contributed by atoms with van der Waals surface area (Å²) in [6.07, 6.45) is 5.31. The highest BCUT2D eigenvalue weighted by atomic mass is 79.9. The fraction of sp³-hybridized carbons (Fsp3) is 0.429. The predicted molar refractivity (Wildman–Crippen MR) is 115 cm³/mol. The van der Waals surface area contributed by atoms with Crippen molar-refractivity contribution in [2.24, 2.45) is 5.92 Å². The van der Waals surface area contributed by atoms with Gasteiger partial charge in [0.2, 0.25) is 0 Å². The standard InChI is InChI=1S/C21H23BrClN3O3/c22-16-8-15(10-24-11-16)21(27)25-9-14-4-6-26(7-5-14)12-17-13-28-19-3-1-2-18(23)20(19)29-17/h1-3,8,10-11,14,17H,4-7,9,12-13H2,(H,25,27). The lowest BCUT2D eigenvalue weighted by Gasteiger charge is -2.35. The molecule has 1 atom stereocenters. The van der Waals surface area contributed by atoms with Crippen LogP contribution in [0.3, 0.4) is 0 Å². The van der Waals surface area contributed by atoms with Crippen molar-refractivity contribution in [3.05, 3.63) is 51.7 Å². The maximum atomic E-state index is 12.3. The second kappa shape index (κ2) is 9.32. The molecule has 1 N–H and O–H groups in total. The van der Waals surface area contributed by atoms with Crippen molar-refractivity contribution in [1.29, 1.82) is 0 Å². The maximum Gasteiger partial charge on any atom is 0.252 e. The van der Waals surface area contributed by atoms with Crippen LogP contribution >= 0.6 is 27.5 Å². The first-order valence-electron chi connectivity index (χ1n) is 9.77. The number of amides is 1. The van der Waals surface area contributed by atoms with Gasteiger partial charge in [-0.25, -0.2) is 0 Å². The second-order valence-corrected chi connectivity index (χ2v) is 8.79. The lowest BCUT2D eigenvalue weighted by Crippen LogP contribution is -2.45. The van der Waals surface area contributed by atoms with Gasteiger partial charge >= 0.3 is 0 Å². The zero-order chi connectivity index (χ0) is 20.2. The Hall–Kier alpha value is -1.83. The second-order valence-electron chi connectivity index (χ2n) is 7.46. The largest absolute Gasteiger partial charge is 0.486 e. The van der Waals surface area contributed by atoms with Crippen molar-refractivity contribution in [3.63, 3.8) is 0 Å². The molecule has 1 aromatic heterocycles. The van der Waals surface area contributed by atoms with Gasteiger partial charge in [-0.1, -0.05) is 17.7 Å². The summed E-state index contributed by atoms with van der Waals surface area (Å²) in [6.45, 7) is 3.99. The third kappa shape index (κ3) is 5.21. The van der Waals surface area contributed by atoms with E-state index in [1.165, 1.54) is 0 Å². The molecule has 29 heavy (non-hydrogen) atoms. The summed E-state index contributed by atoms with van der Waals surface area (Å²) < 4.78 is 12.7. The molecule has 1 saturated heterocycles. The molecule has 2 aliphatic rings. The molecular weight excluding hydrogens is 458 g/mol. The number of piperidine rings is 1. The van der Waals surface area contributed by atoms with Crippen LogP contribution < -0.4 is 14.8 Å². The molecule has 1 fully saturated rings. The number of carbonyl (C=O) groups is 1. The number of rotatable bonds is 5. The Bertz CT molecular complexity index is 874. The van der Waals surface area contributed by atoms with Crippen molar-refractivity contribution >= 4 is 33.4 Å². The minimum absolute atomic E-state index is 0.0253. The molecule has 2 aromatic rings.